The molecule has 0 aromatic rings. The van der Waals surface area contributed by atoms with Crippen LogP contribution in [0.5, 0.6) is 0 Å². The van der Waals surface area contributed by atoms with Gasteiger partial charge in [0.05, 0.1) is 18.3 Å². The SMILES string of the molecule is C[C@H](CCC(=O)CCCNCCN)[C@H]1CC[C@H]2[C@@H]3[C@H](O)C[C@@H]4C[C@H](O)CC[C@]4(C)[C@H]3C[C@H](O)[C@]12C. The topological polar surface area (TPSA) is 116 Å². The molecule has 4 saturated carbocycles. The first-order valence-electron chi connectivity index (χ1n) is 14.6. The maximum absolute atomic E-state index is 12.5. The van der Waals surface area contributed by atoms with E-state index < -0.39 is 0 Å². The van der Waals surface area contributed by atoms with Crippen LogP contribution in [0, 0.1) is 46.3 Å². The van der Waals surface area contributed by atoms with Gasteiger partial charge in [0.1, 0.15) is 5.78 Å². The number of aliphatic hydroxyl groups is 3. The Morgan fingerprint density at radius 3 is 2.54 bits per heavy atom. The Labute approximate surface area is 212 Å². The van der Waals surface area contributed by atoms with E-state index in [-0.39, 0.29) is 35.1 Å². The Morgan fingerprint density at radius 1 is 1.03 bits per heavy atom. The van der Waals surface area contributed by atoms with Crippen molar-refractivity contribution in [3.05, 3.63) is 0 Å². The number of rotatable bonds is 10. The average molecular weight is 493 g/mol. The van der Waals surface area contributed by atoms with Crippen molar-refractivity contribution in [1.29, 1.82) is 0 Å². The van der Waals surface area contributed by atoms with Gasteiger partial charge in [0.2, 0.25) is 0 Å². The Hall–Kier alpha value is -0.530. The van der Waals surface area contributed by atoms with Gasteiger partial charge in [0, 0.05) is 25.9 Å². The summed E-state index contributed by atoms with van der Waals surface area (Å²) in [5.74, 6) is 2.41. The first-order valence-corrected chi connectivity index (χ1v) is 14.6. The summed E-state index contributed by atoms with van der Waals surface area (Å²) in [5.41, 5.74) is 5.42. The molecule has 0 aliphatic heterocycles. The van der Waals surface area contributed by atoms with E-state index in [4.69, 9.17) is 5.73 Å². The summed E-state index contributed by atoms with van der Waals surface area (Å²) in [7, 11) is 0. The van der Waals surface area contributed by atoms with Crippen molar-refractivity contribution in [3.63, 3.8) is 0 Å². The monoisotopic (exact) mass is 492 g/mol. The zero-order chi connectivity index (χ0) is 25.4. The molecule has 0 aromatic carbocycles. The van der Waals surface area contributed by atoms with Crippen molar-refractivity contribution in [2.24, 2.45) is 52.1 Å². The first kappa shape index (κ1) is 27.5. The number of carbonyl (C=O) groups is 1. The number of aliphatic hydroxyl groups excluding tert-OH is 3. The molecule has 0 unspecified atom stereocenters. The van der Waals surface area contributed by atoms with Gasteiger partial charge in [-0.15, -0.1) is 0 Å². The van der Waals surface area contributed by atoms with Crippen molar-refractivity contribution >= 4 is 5.78 Å². The summed E-state index contributed by atoms with van der Waals surface area (Å²) in [6.45, 7) is 9.23. The number of fused-ring (bicyclic) bond motifs is 5. The second-order valence-corrected chi connectivity index (χ2v) is 13.2. The molecule has 0 amide bonds. The van der Waals surface area contributed by atoms with Crippen LogP contribution in [0.2, 0.25) is 0 Å². The lowest BCUT2D eigenvalue weighted by atomic mass is 9.43. The number of nitrogens with two attached hydrogens (primary N) is 1. The second kappa shape index (κ2) is 11.1. The van der Waals surface area contributed by atoms with E-state index in [0.717, 1.165) is 70.9 Å². The van der Waals surface area contributed by atoms with E-state index in [2.05, 4.69) is 26.1 Å². The third-order valence-electron chi connectivity index (χ3n) is 11.5. The van der Waals surface area contributed by atoms with Crippen molar-refractivity contribution in [2.75, 3.05) is 19.6 Å². The van der Waals surface area contributed by atoms with Crippen LogP contribution < -0.4 is 11.1 Å². The Bertz CT molecular complexity index is 733. The highest BCUT2D eigenvalue weighted by Gasteiger charge is 2.65. The smallest absolute Gasteiger partial charge is 0.132 e. The third-order valence-corrected chi connectivity index (χ3v) is 11.5. The van der Waals surface area contributed by atoms with E-state index in [0.29, 0.717) is 54.8 Å². The van der Waals surface area contributed by atoms with Gasteiger partial charge in [0.15, 0.2) is 0 Å². The molecule has 4 aliphatic rings. The predicted molar refractivity (Wildman–Crippen MR) is 139 cm³/mol. The standard InChI is InChI=1S/C29H52N2O4/c1-18(6-7-20(32)5-4-13-31-14-12-30)22-8-9-23-27-24(17-26(35)29(22,23)3)28(2)11-10-21(33)15-19(28)16-25(27)34/h18-19,21-27,31,33-35H,4-17,30H2,1-3H3/t18-,19+,21-,22-,23+,24+,25-,26+,27+,28+,29-/m1/s1. The lowest BCUT2D eigenvalue weighted by molar-refractivity contribution is -0.207. The lowest BCUT2D eigenvalue weighted by Crippen LogP contribution is -2.62. The fourth-order valence-corrected chi connectivity index (χ4v) is 9.48. The Balaban J connectivity index is 1.40. The number of hydrogen-bond donors (Lipinski definition) is 5. The zero-order valence-electron chi connectivity index (χ0n) is 22.4. The van der Waals surface area contributed by atoms with E-state index in [1.165, 1.54) is 0 Å². The zero-order valence-corrected chi connectivity index (χ0v) is 22.4. The van der Waals surface area contributed by atoms with Crippen LogP contribution in [0.3, 0.4) is 0 Å². The van der Waals surface area contributed by atoms with E-state index in [1.807, 2.05) is 0 Å². The van der Waals surface area contributed by atoms with Gasteiger partial charge < -0.3 is 26.4 Å². The molecule has 35 heavy (non-hydrogen) atoms. The van der Waals surface area contributed by atoms with Gasteiger partial charge >= 0.3 is 0 Å². The molecule has 0 spiro atoms. The number of hydrogen-bond acceptors (Lipinski definition) is 6. The van der Waals surface area contributed by atoms with Crippen molar-refractivity contribution < 1.29 is 20.1 Å². The summed E-state index contributed by atoms with van der Waals surface area (Å²) >= 11 is 0. The molecule has 0 bridgehead atoms. The van der Waals surface area contributed by atoms with Gasteiger partial charge in [-0.2, -0.15) is 0 Å². The van der Waals surface area contributed by atoms with Crippen LogP contribution in [0.4, 0.5) is 0 Å². The highest BCUT2D eigenvalue weighted by Crippen LogP contribution is 2.68. The van der Waals surface area contributed by atoms with Crippen LogP contribution in [0.15, 0.2) is 0 Å². The summed E-state index contributed by atoms with van der Waals surface area (Å²) in [6.07, 6.45) is 8.47. The molecule has 4 aliphatic carbocycles. The minimum absolute atomic E-state index is 0.112. The first-order chi connectivity index (χ1) is 16.6. The molecule has 0 radical (unpaired) electrons. The third kappa shape index (κ3) is 5.12. The highest BCUT2D eigenvalue weighted by atomic mass is 16.3. The maximum Gasteiger partial charge on any atom is 0.132 e. The molecule has 11 atom stereocenters. The van der Waals surface area contributed by atoms with Gasteiger partial charge in [-0.3, -0.25) is 4.79 Å². The summed E-state index contributed by atoms with van der Waals surface area (Å²) in [4.78, 5) is 12.5. The van der Waals surface area contributed by atoms with Crippen molar-refractivity contribution in [2.45, 2.75) is 110 Å². The van der Waals surface area contributed by atoms with Gasteiger partial charge in [-0.25, -0.2) is 0 Å². The summed E-state index contributed by atoms with van der Waals surface area (Å²) < 4.78 is 0. The van der Waals surface area contributed by atoms with E-state index >= 15 is 0 Å². The average Bonchev–Trinajstić information content (AvgIpc) is 3.17. The maximum atomic E-state index is 12.5. The summed E-state index contributed by atoms with van der Waals surface area (Å²) in [6, 6.07) is 0. The summed E-state index contributed by atoms with van der Waals surface area (Å²) in [5, 5.41) is 36.6. The normalized spacial score (nSPS) is 45.9. The minimum Gasteiger partial charge on any atom is -0.393 e. The number of nitrogens with one attached hydrogen (secondary N) is 1. The lowest BCUT2D eigenvalue weighted by Gasteiger charge is -2.63. The second-order valence-electron chi connectivity index (χ2n) is 13.2. The van der Waals surface area contributed by atoms with Crippen molar-refractivity contribution in [3.8, 4) is 0 Å². The molecule has 6 nitrogen and oxygen atoms in total. The molecule has 0 aromatic heterocycles. The Morgan fingerprint density at radius 2 is 1.80 bits per heavy atom. The van der Waals surface area contributed by atoms with E-state index in [1.54, 1.807) is 0 Å². The van der Waals surface area contributed by atoms with Gasteiger partial charge in [0.25, 0.3) is 0 Å². The number of Topliss-reactive ketones (excluding diaryl/α,β-unsaturated/α-hetero) is 1. The number of carbonyl (C=O) groups excluding carboxylic acids is 1. The van der Waals surface area contributed by atoms with Gasteiger partial charge in [-0.1, -0.05) is 20.8 Å². The van der Waals surface area contributed by atoms with Gasteiger partial charge in [-0.05, 0) is 111 Å². The van der Waals surface area contributed by atoms with Crippen molar-refractivity contribution in [1.82, 2.24) is 5.32 Å². The molecule has 202 valence electrons. The molecular weight excluding hydrogens is 440 g/mol. The fraction of sp³-hybridized carbons (Fsp3) is 0.966. The molecule has 0 saturated heterocycles. The Kier molecular flexibility index (Phi) is 8.70. The van der Waals surface area contributed by atoms with Crippen LogP contribution in [0.25, 0.3) is 0 Å². The molecule has 6 heteroatoms. The molecule has 4 rings (SSSR count). The molecular formula is C29H52N2O4. The minimum atomic E-state index is -0.359. The highest BCUT2D eigenvalue weighted by molar-refractivity contribution is 5.78. The number of ketones is 1. The van der Waals surface area contributed by atoms with Crippen LogP contribution in [-0.4, -0.2) is 59.0 Å². The largest absolute Gasteiger partial charge is 0.393 e. The fourth-order valence-electron chi connectivity index (χ4n) is 9.48. The van der Waals surface area contributed by atoms with Crippen LogP contribution >= 0.6 is 0 Å². The predicted octanol–water partition coefficient (Wildman–Crippen LogP) is 3.26. The molecule has 0 heterocycles. The van der Waals surface area contributed by atoms with Crippen LogP contribution in [0.1, 0.15) is 91.4 Å². The quantitative estimate of drug-likeness (QED) is 0.299. The molecule has 4 fully saturated rings. The molecule has 6 N–H and O–H groups in total. The van der Waals surface area contributed by atoms with E-state index in [9.17, 15) is 20.1 Å². The van der Waals surface area contributed by atoms with Crippen LogP contribution in [-0.2, 0) is 4.79 Å².